The largest absolute Gasteiger partial charge is 0.271 e. The van der Waals surface area contributed by atoms with E-state index in [0.29, 0.717) is 25.5 Å². The van der Waals surface area contributed by atoms with Crippen molar-refractivity contribution in [3.8, 4) is 0 Å². The van der Waals surface area contributed by atoms with Crippen molar-refractivity contribution in [2.24, 2.45) is 5.10 Å². The molecule has 0 bridgehead atoms. The molecule has 0 spiro atoms. The Morgan fingerprint density at radius 2 is 2.05 bits per heavy atom. The molecule has 0 aromatic carbocycles. The van der Waals surface area contributed by atoms with Crippen molar-refractivity contribution < 1.29 is 4.79 Å². The number of carbonyl (C=O) groups excluding carboxylic acids is 1. The van der Waals surface area contributed by atoms with Crippen LogP contribution < -0.4 is 5.43 Å². The molecule has 2 rings (SSSR count). The summed E-state index contributed by atoms with van der Waals surface area (Å²) in [6, 6.07) is 4.93. The summed E-state index contributed by atoms with van der Waals surface area (Å²) in [6.45, 7) is 1.75. The third-order valence-electron chi connectivity index (χ3n) is 2.31. The Labute approximate surface area is 124 Å². The van der Waals surface area contributed by atoms with Gasteiger partial charge in [-0.3, -0.25) is 9.78 Å². The number of thiophene rings is 1. The molecule has 0 aliphatic rings. The van der Waals surface area contributed by atoms with E-state index in [2.05, 4.69) is 15.5 Å². The fraction of sp³-hybridized carbons (Fsp3) is 0.0833. The molecule has 0 aliphatic heterocycles. The molecule has 19 heavy (non-hydrogen) atoms. The zero-order valence-corrected chi connectivity index (χ0v) is 12.2. The third-order valence-corrected chi connectivity index (χ3v) is 3.80. The van der Waals surface area contributed by atoms with E-state index in [1.165, 1.54) is 11.3 Å². The molecule has 7 heteroatoms. The van der Waals surface area contributed by atoms with E-state index in [-0.39, 0.29) is 5.91 Å². The summed E-state index contributed by atoms with van der Waals surface area (Å²) >= 11 is 13.1. The van der Waals surface area contributed by atoms with Crippen molar-refractivity contribution in [1.29, 1.82) is 0 Å². The van der Waals surface area contributed by atoms with Crippen molar-refractivity contribution in [2.75, 3.05) is 0 Å². The minimum atomic E-state index is -0.306. The molecule has 1 amide bonds. The molecule has 0 radical (unpaired) electrons. The van der Waals surface area contributed by atoms with Crippen LogP contribution in [0.2, 0.25) is 8.67 Å². The van der Waals surface area contributed by atoms with Gasteiger partial charge in [-0.05, 0) is 25.1 Å². The van der Waals surface area contributed by atoms with Gasteiger partial charge < -0.3 is 0 Å². The molecule has 4 nitrogen and oxygen atoms in total. The lowest BCUT2D eigenvalue weighted by Crippen LogP contribution is -2.19. The second-order valence-corrected chi connectivity index (χ2v) is 5.90. The van der Waals surface area contributed by atoms with Crippen LogP contribution in [0, 0.1) is 0 Å². The molecule has 0 saturated heterocycles. The number of hydrogen-bond donors (Lipinski definition) is 1. The highest BCUT2D eigenvalue weighted by atomic mass is 35.5. The Balaban J connectivity index is 2.11. The molecule has 0 aliphatic carbocycles. The number of amides is 1. The summed E-state index contributed by atoms with van der Waals surface area (Å²) < 4.78 is 1.12. The normalized spacial score (nSPS) is 11.4. The van der Waals surface area contributed by atoms with Crippen molar-refractivity contribution in [2.45, 2.75) is 6.92 Å². The van der Waals surface area contributed by atoms with Gasteiger partial charge in [0.2, 0.25) is 0 Å². The maximum atomic E-state index is 11.8. The maximum Gasteiger partial charge on any atom is 0.271 e. The van der Waals surface area contributed by atoms with Gasteiger partial charge in [-0.2, -0.15) is 5.10 Å². The van der Waals surface area contributed by atoms with Crippen molar-refractivity contribution in [3.05, 3.63) is 50.4 Å². The molecule has 1 N–H and O–H groups in total. The summed E-state index contributed by atoms with van der Waals surface area (Å²) in [6.07, 6.45) is 3.09. The van der Waals surface area contributed by atoms with Gasteiger partial charge >= 0.3 is 0 Å². The number of carbonyl (C=O) groups is 1. The molecule has 0 saturated carbocycles. The van der Waals surface area contributed by atoms with E-state index in [1.807, 2.05) is 0 Å². The molecular weight excluding hydrogens is 305 g/mol. The van der Waals surface area contributed by atoms with Crippen LogP contribution in [0.4, 0.5) is 0 Å². The van der Waals surface area contributed by atoms with E-state index in [9.17, 15) is 4.79 Å². The van der Waals surface area contributed by atoms with Crippen LogP contribution in [0.3, 0.4) is 0 Å². The standard InChI is InChI=1S/C12H9Cl2N3OS/c1-7(9-6-10(13)19-11(9)14)16-17-12(18)8-2-4-15-5-3-8/h2-6H,1H3,(H,17,18)/b16-7+. The average molecular weight is 314 g/mol. The van der Waals surface area contributed by atoms with Crippen LogP contribution in [0.15, 0.2) is 35.7 Å². The number of pyridine rings is 1. The minimum absolute atomic E-state index is 0.306. The molecule has 2 heterocycles. The third kappa shape index (κ3) is 3.53. The van der Waals surface area contributed by atoms with Crippen molar-refractivity contribution >= 4 is 46.2 Å². The first-order valence-electron chi connectivity index (χ1n) is 5.28. The predicted octanol–water partition coefficient (Wildman–Crippen LogP) is 3.60. The Morgan fingerprint density at radius 3 is 2.63 bits per heavy atom. The molecule has 0 unspecified atom stereocenters. The lowest BCUT2D eigenvalue weighted by molar-refractivity contribution is 0.0954. The lowest BCUT2D eigenvalue weighted by atomic mass is 10.2. The highest BCUT2D eigenvalue weighted by molar-refractivity contribution is 7.20. The van der Waals surface area contributed by atoms with E-state index in [0.717, 1.165) is 0 Å². The Kier molecular flexibility index (Phi) is 4.52. The first kappa shape index (κ1) is 14.0. The SMILES string of the molecule is C/C(=N\NC(=O)c1ccncc1)c1cc(Cl)sc1Cl. The van der Waals surface area contributed by atoms with Crippen LogP contribution in [0.25, 0.3) is 0 Å². The summed E-state index contributed by atoms with van der Waals surface area (Å²) in [7, 11) is 0. The summed E-state index contributed by atoms with van der Waals surface area (Å²) in [5.74, 6) is -0.306. The second kappa shape index (κ2) is 6.14. The van der Waals surface area contributed by atoms with E-state index >= 15 is 0 Å². The fourth-order valence-electron chi connectivity index (χ4n) is 1.35. The highest BCUT2D eigenvalue weighted by Gasteiger charge is 2.09. The van der Waals surface area contributed by atoms with Crippen LogP contribution >= 0.6 is 34.5 Å². The summed E-state index contributed by atoms with van der Waals surface area (Å²) in [5.41, 5.74) is 4.25. The van der Waals surface area contributed by atoms with Gasteiger partial charge in [0.1, 0.15) is 4.34 Å². The van der Waals surface area contributed by atoms with Crippen LogP contribution in [-0.2, 0) is 0 Å². The Morgan fingerprint density at radius 1 is 1.37 bits per heavy atom. The van der Waals surface area contributed by atoms with E-state index < -0.39 is 0 Å². The monoisotopic (exact) mass is 313 g/mol. The fourth-order valence-corrected chi connectivity index (χ4v) is 2.91. The molecular formula is C12H9Cl2N3OS. The lowest BCUT2D eigenvalue weighted by Gasteiger charge is -2.01. The highest BCUT2D eigenvalue weighted by Crippen LogP contribution is 2.31. The Hall–Kier alpha value is -1.43. The summed E-state index contributed by atoms with van der Waals surface area (Å²) in [5, 5.41) is 4.01. The van der Waals surface area contributed by atoms with Gasteiger partial charge in [0, 0.05) is 23.5 Å². The van der Waals surface area contributed by atoms with Gasteiger partial charge in [-0.1, -0.05) is 23.2 Å². The number of nitrogens with one attached hydrogen (secondary N) is 1. The number of nitrogens with zero attached hydrogens (tertiary/aromatic N) is 2. The van der Waals surface area contributed by atoms with Gasteiger partial charge in [0.05, 0.1) is 10.0 Å². The number of hydrazone groups is 1. The minimum Gasteiger partial charge on any atom is -0.267 e. The predicted molar refractivity (Wildman–Crippen MR) is 78.3 cm³/mol. The number of aromatic nitrogens is 1. The quantitative estimate of drug-likeness (QED) is 0.695. The van der Waals surface area contributed by atoms with Gasteiger partial charge in [-0.15, -0.1) is 11.3 Å². The second-order valence-electron chi connectivity index (χ2n) is 3.61. The summed E-state index contributed by atoms with van der Waals surface area (Å²) in [4.78, 5) is 15.6. The molecule has 98 valence electrons. The first-order valence-corrected chi connectivity index (χ1v) is 6.85. The maximum absolute atomic E-state index is 11.8. The number of hydrogen-bond acceptors (Lipinski definition) is 4. The topological polar surface area (TPSA) is 54.4 Å². The van der Waals surface area contributed by atoms with Crippen LogP contribution in [0.1, 0.15) is 22.8 Å². The molecule has 0 fully saturated rings. The van der Waals surface area contributed by atoms with Crippen LogP contribution in [-0.4, -0.2) is 16.6 Å². The zero-order chi connectivity index (χ0) is 13.8. The first-order chi connectivity index (χ1) is 9.08. The molecule has 0 atom stereocenters. The molecule has 2 aromatic heterocycles. The zero-order valence-electron chi connectivity index (χ0n) is 9.85. The molecule has 2 aromatic rings. The van der Waals surface area contributed by atoms with Gasteiger partial charge in [-0.25, -0.2) is 5.43 Å². The number of rotatable bonds is 3. The van der Waals surface area contributed by atoms with E-state index in [1.54, 1.807) is 37.5 Å². The van der Waals surface area contributed by atoms with Crippen molar-refractivity contribution in [3.63, 3.8) is 0 Å². The Bertz CT molecular complexity index is 625. The number of halogens is 2. The van der Waals surface area contributed by atoms with Gasteiger partial charge in [0.25, 0.3) is 5.91 Å². The van der Waals surface area contributed by atoms with Crippen molar-refractivity contribution in [1.82, 2.24) is 10.4 Å². The van der Waals surface area contributed by atoms with Crippen LogP contribution in [0.5, 0.6) is 0 Å². The smallest absolute Gasteiger partial charge is 0.267 e. The van der Waals surface area contributed by atoms with Gasteiger partial charge in [0.15, 0.2) is 0 Å². The van der Waals surface area contributed by atoms with E-state index in [4.69, 9.17) is 23.2 Å². The average Bonchev–Trinajstić information content (AvgIpc) is 2.75.